The minimum absolute atomic E-state index is 0.679. The second-order valence-corrected chi connectivity index (χ2v) is 3.86. The molecule has 0 unspecified atom stereocenters. The van der Waals surface area contributed by atoms with E-state index in [1.165, 1.54) is 0 Å². The normalized spacial score (nSPS) is 10.4. The van der Waals surface area contributed by atoms with Crippen molar-refractivity contribution in [1.29, 1.82) is 0 Å². The van der Waals surface area contributed by atoms with Crippen molar-refractivity contribution in [3.63, 3.8) is 0 Å². The summed E-state index contributed by atoms with van der Waals surface area (Å²) in [5.74, 6) is 0.863. The van der Waals surface area contributed by atoms with Gasteiger partial charge < -0.3 is 14.8 Å². The van der Waals surface area contributed by atoms with Crippen LogP contribution in [-0.4, -0.2) is 33.9 Å². The lowest BCUT2D eigenvalue weighted by Gasteiger charge is -2.09. The molecule has 0 aliphatic rings. The second kappa shape index (κ2) is 7.49. The van der Waals surface area contributed by atoms with Gasteiger partial charge in [0, 0.05) is 11.6 Å². The van der Waals surface area contributed by atoms with E-state index in [4.69, 9.17) is 21.1 Å². The Bertz CT molecular complexity index is 318. The van der Waals surface area contributed by atoms with Crippen molar-refractivity contribution < 1.29 is 9.47 Å². The van der Waals surface area contributed by atoms with Gasteiger partial charge in [-0.3, -0.25) is 0 Å². The summed E-state index contributed by atoms with van der Waals surface area (Å²) in [7, 11) is 3.57. The largest absolute Gasteiger partial charge is 0.496 e. The fraction of sp³-hybridized carbons (Fsp3) is 0.500. The SMILES string of the molecule is CNCCOCCc1cc(Cl)ccc1OC. The van der Waals surface area contributed by atoms with Crippen LogP contribution in [0.2, 0.25) is 5.02 Å². The third kappa shape index (κ3) is 4.39. The first-order chi connectivity index (χ1) is 7.77. The summed E-state index contributed by atoms with van der Waals surface area (Å²) in [6, 6.07) is 5.62. The summed E-state index contributed by atoms with van der Waals surface area (Å²) in [6.45, 7) is 2.27. The lowest BCUT2D eigenvalue weighted by Crippen LogP contribution is -2.15. The lowest BCUT2D eigenvalue weighted by atomic mass is 10.1. The quantitative estimate of drug-likeness (QED) is 0.745. The minimum atomic E-state index is 0.679. The van der Waals surface area contributed by atoms with E-state index in [9.17, 15) is 0 Å². The van der Waals surface area contributed by atoms with Crippen LogP contribution < -0.4 is 10.1 Å². The molecule has 1 aromatic carbocycles. The summed E-state index contributed by atoms with van der Waals surface area (Å²) < 4.78 is 10.7. The second-order valence-electron chi connectivity index (χ2n) is 3.42. The van der Waals surface area contributed by atoms with Gasteiger partial charge in [0.15, 0.2) is 0 Å². The number of methoxy groups -OCH3 is 1. The molecular formula is C12H18ClNO2. The van der Waals surface area contributed by atoms with Crippen LogP contribution in [0.4, 0.5) is 0 Å². The molecule has 0 bridgehead atoms. The molecule has 16 heavy (non-hydrogen) atoms. The molecule has 0 radical (unpaired) electrons. The lowest BCUT2D eigenvalue weighted by molar-refractivity contribution is 0.140. The third-order valence-corrected chi connectivity index (χ3v) is 2.49. The van der Waals surface area contributed by atoms with E-state index in [-0.39, 0.29) is 0 Å². The molecule has 0 atom stereocenters. The van der Waals surface area contributed by atoms with E-state index in [1.54, 1.807) is 7.11 Å². The van der Waals surface area contributed by atoms with E-state index < -0.39 is 0 Å². The molecule has 0 heterocycles. The summed E-state index contributed by atoms with van der Waals surface area (Å²) >= 11 is 5.93. The van der Waals surface area contributed by atoms with Crippen LogP contribution in [0.1, 0.15) is 5.56 Å². The molecule has 1 aromatic rings. The van der Waals surface area contributed by atoms with Crippen molar-refractivity contribution in [3.8, 4) is 5.75 Å². The van der Waals surface area contributed by atoms with Crippen LogP contribution in [0.5, 0.6) is 5.75 Å². The predicted molar refractivity (Wildman–Crippen MR) is 66.5 cm³/mol. The van der Waals surface area contributed by atoms with Gasteiger partial charge in [0.2, 0.25) is 0 Å². The average Bonchev–Trinajstić information content (AvgIpc) is 2.29. The Kier molecular flexibility index (Phi) is 6.23. The molecule has 0 fully saturated rings. The maximum absolute atomic E-state index is 5.93. The van der Waals surface area contributed by atoms with Gasteiger partial charge in [-0.15, -0.1) is 0 Å². The average molecular weight is 244 g/mol. The molecular weight excluding hydrogens is 226 g/mol. The first kappa shape index (κ1) is 13.3. The van der Waals surface area contributed by atoms with Gasteiger partial charge in [-0.05, 0) is 37.2 Å². The van der Waals surface area contributed by atoms with Gasteiger partial charge in [0.05, 0.1) is 20.3 Å². The Hall–Kier alpha value is -0.770. The van der Waals surface area contributed by atoms with Crippen LogP contribution in [0, 0.1) is 0 Å². The Morgan fingerprint density at radius 2 is 2.12 bits per heavy atom. The number of rotatable bonds is 7. The van der Waals surface area contributed by atoms with Crippen LogP contribution in [-0.2, 0) is 11.2 Å². The van der Waals surface area contributed by atoms with Crippen LogP contribution in [0.15, 0.2) is 18.2 Å². The van der Waals surface area contributed by atoms with Crippen LogP contribution in [0.3, 0.4) is 0 Å². The van der Waals surface area contributed by atoms with Gasteiger partial charge in [-0.2, -0.15) is 0 Å². The van der Waals surface area contributed by atoms with Gasteiger partial charge in [-0.25, -0.2) is 0 Å². The van der Waals surface area contributed by atoms with E-state index >= 15 is 0 Å². The molecule has 1 rings (SSSR count). The van der Waals surface area contributed by atoms with E-state index in [1.807, 2.05) is 25.2 Å². The van der Waals surface area contributed by atoms with Crippen molar-refractivity contribution in [3.05, 3.63) is 28.8 Å². The number of benzene rings is 1. The Labute approximate surface area is 102 Å². The fourth-order valence-corrected chi connectivity index (χ4v) is 1.60. The highest BCUT2D eigenvalue weighted by atomic mass is 35.5. The molecule has 0 aromatic heterocycles. The molecule has 0 amide bonds. The van der Waals surface area contributed by atoms with Crippen molar-refractivity contribution in [2.24, 2.45) is 0 Å². The maximum atomic E-state index is 5.93. The van der Waals surface area contributed by atoms with Crippen molar-refractivity contribution in [2.45, 2.75) is 6.42 Å². The highest BCUT2D eigenvalue weighted by Gasteiger charge is 2.03. The molecule has 4 heteroatoms. The molecule has 0 spiro atoms. The van der Waals surface area contributed by atoms with Crippen molar-refractivity contribution in [2.75, 3.05) is 33.9 Å². The standard InChI is InChI=1S/C12H18ClNO2/c1-14-6-8-16-7-5-10-9-11(13)3-4-12(10)15-2/h3-4,9,14H,5-8H2,1-2H3. The summed E-state index contributed by atoms with van der Waals surface area (Å²) in [4.78, 5) is 0. The van der Waals surface area contributed by atoms with Gasteiger partial charge >= 0.3 is 0 Å². The number of likely N-dealkylation sites (N-methyl/N-ethyl adjacent to an activating group) is 1. The zero-order chi connectivity index (χ0) is 11.8. The molecule has 90 valence electrons. The molecule has 0 saturated carbocycles. The number of nitrogens with one attached hydrogen (secondary N) is 1. The fourth-order valence-electron chi connectivity index (χ4n) is 1.40. The van der Waals surface area contributed by atoms with Crippen molar-refractivity contribution >= 4 is 11.6 Å². The molecule has 0 saturated heterocycles. The summed E-state index contributed by atoms with van der Waals surface area (Å²) in [5, 5.41) is 3.76. The predicted octanol–water partition coefficient (Wildman–Crippen LogP) is 2.13. The molecule has 3 nitrogen and oxygen atoms in total. The topological polar surface area (TPSA) is 30.5 Å². The zero-order valence-electron chi connectivity index (χ0n) is 9.75. The van der Waals surface area contributed by atoms with Gasteiger partial charge in [-0.1, -0.05) is 11.6 Å². The zero-order valence-corrected chi connectivity index (χ0v) is 10.5. The Balaban J connectivity index is 2.42. The minimum Gasteiger partial charge on any atom is -0.496 e. The van der Waals surface area contributed by atoms with Crippen molar-refractivity contribution in [1.82, 2.24) is 5.32 Å². The maximum Gasteiger partial charge on any atom is 0.122 e. The Morgan fingerprint density at radius 1 is 1.31 bits per heavy atom. The molecule has 1 N–H and O–H groups in total. The number of hydrogen-bond donors (Lipinski definition) is 1. The van der Waals surface area contributed by atoms with E-state index in [0.717, 1.165) is 35.9 Å². The van der Waals surface area contributed by atoms with Gasteiger partial charge in [0.25, 0.3) is 0 Å². The Morgan fingerprint density at radius 3 is 2.81 bits per heavy atom. The summed E-state index contributed by atoms with van der Waals surface area (Å²) in [6.07, 6.45) is 0.813. The monoisotopic (exact) mass is 243 g/mol. The van der Waals surface area contributed by atoms with E-state index in [2.05, 4.69) is 5.32 Å². The van der Waals surface area contributed by atoms with Crippen LogP contribution in [0.25, 0.3) is 0 Å². The van der Waals surface area contributed by atoms with Crippen LogP contribution >= 0.6 is 11.6 Å². The molecule has 0 aliphatic carbocycles. The number of ether oxygens (including phenoxy) is 2. The summed E-state index contributed by atoms with van der Waals surface area (Å²) in [5.41, 5.74) is 1.08. The first-order valence-electron chi connectivity index (χ1n) is 5.32. The number of halogens is 1. The van der Waals surface area contributed by atoms with Gasteiger partial charge in [0.1, 0.15) is 5.75 Å². The van der Waals surface area contributed by atoms with E-state index in [0.29, 0.717) is 6.61 Å². The highest BCUT2D eigenvalue weighted by molar-refractivity contribution is 6.30. The third-order valence-electron chi connectivity index (χ3n) is 2.25. The smallest absolute Gasteiger partial charge is 0.122 e. The first-order valence-corrected chi connectivity index (χ1v) is 5.70. The number of hydrogen-bond acceptors (Lipinski definition) is 3. The molecule has 0 aliphatic heterocycles. The highest BCUT2D eigenvalue weighted by Crippen LogP contribution is 2.22.